The van der Waals surface area contributed by atoms with Gasteiger partial charge in [-0.05, 0) is 56.4 Å². The quantitative estimate of drug-likeness (QED) is 0.760. The first-order valence-corrected chi connectivity index (χ1v) is 8.45. The van der Waals surface area contributed by atoms with Crippen LogP contribution in [0.4, 0.5) is 5.69 Å². The SMILES string of the molecule is CCNC(=O)c1ccc(NC(=O)CC2CCCCC2N)c(C)c1.Cl. The van der Waals surface area contributed by atoms with Gasteiger partial charge in [-0.15, -0.1) is 12.4 Å². The van der Waals surface area contributed by atoms with Crippen molar-refractivity contribution in [3.8, 4) is 0 Å². The molecule has 0 aliphatic heterocycles. The molecular formula is C18H28ClN3O2. The lowest BCUT2D eigenvalue weighted by molar-refractivity contribution is -0.117. The number of carbonyl (C=O) groups is 2. The Labute approximate surface area is 150 Å². The van der Waals surface area contributed by atoms with E-state index in [1.807, 2.05) is 13.8 Å². The molecule has 0 spiro atoms. The van der Waals surface area contributed by atoms with Crippen LogP contribution in [-0.2, 0) is 4.79 Å². The van der Waals surface area contributed by atoms with Crippen LogP contribution >= 0.6 is 12.4 Å². The first-order chi connectivity index (χ1) is 11.0. The smallest absolute Gasteiger partial charge is 0.251 e. The summed E-state index contributed by atoms with van der Waals surface area (Å²) in [6, 6.07) is 5.46. The molecule has 1 saturated carbocycles. The minimum Gasteiger partial charge on any atom is -0.352 e. The molecule has 2 unspecified atom stereocenters. The molecule has 0 radical (unpaired) electrons. The van der Waals surface area contributed by atoms with Crippen LogP contribution in [0.2, 0.25) is 0 Å². The number of amides is 2. The van der Waals surface area contributed by atoms with Gasteiger partial charge in [-0.1, -0.05) is 12.8 Å². The van der Waals surface area contributed by atoms with Gasteiger partial charge in [0.25, 0.3) is 5.91 Å². The van der Waals surface area contributed by atoms with Crippen molar-refractivity contribution in [2.45, 2.75) is 52.0 Å². The number of anilines is 1. The second-order valence-electron chi connectivity index (χ2n) is 6.35. The molecular weight excluding hydrogens is 326 g/mol. The molecule has 1 fully saturated rings. The number of nitrogens with one attached hydrogen (secondary N) is 2. The molecule has 2 atom stereocenters. The predicted octanol–water partition coefficient (Wildman–Crippen LogP) is 3.01. The van der Waals surface area contributed by atoms with Gasteiger partial charge < -0.3 is 16.4 Å². The van der Waals surface area contributed by atoms with E-state index < -0.39 is 0 Å². The number of rotatable bonds is 5. The zero-order valence-corrected chi connectivity index (χ0v) is 15.2. The Bertz CT molecular complexity index is 577. The number of benzene rings is 1. The maximum atomic E-state index is 12.3. The van der Waals surface area contributed by atoms with Crippen molar-refractivity contribution in [2.75, 3.05) is 11.9 Å². The average Bonchev–Trinajstić information content (AvgIpc) is 2.52. The third-order valence-corrected chi connectivity index (χ3v) is 4.52. The lowest BCUT2D eigenvalue weighted by Gasteiger charge is -2.28. The summed E-state index contributed by atoms with van der Waals surface area (Å²) < 4.78 is 0. The molecule has 0 aromatic heterocycles. The highest BCUT2D eigenvalue weighted by Gasteiger charge is 2.24. The highest BCUT2D eigenvalue weighted by molar-refractivity contribution is 5.96. The Balaban J connectivity index is 0.00000288. The predicted molar refractivity (Wildman–Crippen MR) is 99.6 cm³/mol. The zero-order chi connectivity index (χ0) is 16.8. The summed E-state index contributed by atoms with van der Waals surface area (Å²) in [6.45, 7) is 4.37. The number of hydrogen-bond acceptors (Lipinski definition) is 3. The van der Waals surface area contributed by atoms with E-state index in [0.29, 0.717) is 18.5 Å². The number of carbonyl (C=O) groups excluding carboxylic acids is 2. The number of aryl methyl sites for hydroxylation is 1. The molecule has 5 nitrogen and oxygen atoms in total. The zero-order valence-electron chi connectivity index (χ0n) is 14.4. The normalized spacial score (nSPS) is 20.0. The number of halogens is 1. The van der Waals surface area contributed by atoms with E-state index in [1.165, 1.54) is 6.42 Å². The summed E-state index contributed by atoms with van der Waals surface area (Å²) in [5.41, 5.74) is 8.36. The molecule has 1 aromatic rings. The van der Waals surface area contributed by atoms with Crippen LogP contribution in [0.1, 0.15) is 54.9 Å². The van der Waals surface area contributed by atoms with Gasteiger partial charge in [0.1, 0.15) is 0 Å². The molecule has 1 aliphatic carbocycles. The summed E-state index contributed by atoms with van der Waals surface area (Å²) in [5.74, 6) is 0.182. The maximum Gasteiger partial charge on any atom is 0.251 e. The molecule has 24 heavy (non-hydrogen) atoms. The van der Waals surface area contributed by atoms with Crippen molar-refractivity contribution in [3.05, 3.63) is 29.3 Å². The molecule has 0 saturated heterocycles. The van der Waals surface area contributed by atoms with Crippen molar-refractivity contribution in [1.29, 1.82) is 0 Å². The van der Waals surface area contributed by atoms with Crippen LogP contribution in [0.3, 0.4) is 0 Å². The highest BCUT2D eigenvalue weighted by atomic mass is 35.5. The summed E-state index contributed by atoms with van der Waals surface area (Å²) in [5, 5.41) is 5.72. The van der Waals surface area contributed by atoms with Crippen LogP contribution < -0.4 is 16.4 Å². The van der Waals surface area contributed by atoms with E-state index in [9.17, 15) is 9.59 Å². The summed E-state index contributed by atoms with van der Waals surface area (Å²) in [6.07, 6.45) is 4.84. The van der Waals surface area contributed by atoms with E-state index >= 15 is 0 Å². The first kappa shape index (κ1) is 20.5. The molecule has 4 N–H and O–H groups in total. The minimum absolute atomic E-state index is 0. The Morgan fingerprint density at radius 3 is 2.58 bits per heavy atom. The Morgan fingerprint density at radius 1 is 1.25 bits per heavy atom. The summed E-state index contributed by atoms with van der Waals surface area (Å²) in [4.78, 5) is 24.1. The fraction of sp³-hybridized carbons (Fsp3) is 0.556. The average molecular weight is 354 g/mol. The van der Waals surface area contributed by atoms with Gasteiger partial charge in [-0.3, -0.25) is 9.59 Å². The van der Waals surface area contributed by atoms with Gasteiger partial charge in [0.2, 0.25) is 5.91 Å². The summed E-state index contributed by atoms with van der Waals surface area (Å²) >= 11 is 0. The first-order valence-electron chi connectivity index (χ1n) is 8.45. The minimum atomic E-state index is -0.0957. The van der Waals surface area contributed by atoms with Gasteiger partial charge in [0.15, 0.2) is 0 Å². The van der Waals surface area contributed by atoms with E-state index in [0.717, 1.165) is 30.5 Å². The third-order valence-electron chi connectivity index (χ3n) is 4.52. The topological polar surface area (TPSA) is 84.2 Å². The molecule has 0 bridgehead atoms. The molecule has 2 amide bonds. The van der Waals surface area contributed by atoms with Crippen LogP contribution in [0.5, 0.6) is 0 Å². The fourth-order valence-electron chi connectivity index (χ4n) is 3.14. The molecule has 1 aromatic carbocycles. The van der Waals surface area contributed by atoms with Crippen molar-refractivity contribution in [1.82, 2.24) is 5.32 Å². The highest BCUT2D eigenvalue weighted by Crippen LogP contribution is 2.26. The van der Waals surface area contributed by atoms with Crippen LogP contribution in [-0.4, -0.2) is 24.4 Å². The van der Waals surface area contributed by atoms with Crippen molar-refractivity contribution in [3.63, 3.8) is 0 Å². The lowest BCUT2D eigenvalue weighted by Crippen LogP contribution is -2.35. The molecule has 134 valence electrons. The van der Waals surface area contributed by atoms with Crippen LogP contribution in [0.15, 0.2) is 18.2 Å². The van der Waals surface area contributed by atoms with E-state index in [-0.39, 0.29) is 36.2 Å². The second kappa shape index (κ2) is 9.64. The Kier molecular flexibility index (Phi) is 8.22. The van der Waals surface area contributed by atoms with E-state index in [2.05, 4.69) is 10.6 Å². The molecule has 2 rings (SSSR count). The van der Waals surface area contributed by atoms with Gasteiger partial charge in [-0.25, -0.2) is 0 Å². The van der Waals surface area contributed by atoms with Crippen molar-refractivity contribution >= 4 is 29.9 Å². The maximum absolute atomic E-state index is 12.3. The Morgan fingerprint density at radius 2 is 1.96 bits per heavy atom. The van der Waals surface area contributed by atoms with Crippen LogP contribution in [0, 0.1) is 12.8 Å². The molecule has 1 aliphatic rings. The van der Waals surface area contributed by atoms with E-state index in [1.54, 1.807) is 18.2 Å². The largest absolute Gasteiger partial charge is 0.352 e. The fourth-order valence-corrected chi connectivity index (χ4v) is 3.14. The summed E-state index contributed by atoms with van der Waals surface area (Å²) in [7, 11) is 0. The van der Waals surface area contributed by atoms with Crippen LogP contribution in [0.25, 0.3) is 0 Å². The monoisotopic (exact) mass is 353 g/mol. The van der Waals surface area contributed by atoms with Gasteiger partial charge in [0.05, 0.1) is 0 Å². The third kappa shape index (κ3) is 5.49. The lowest BCUT2D eigenvalue weighted by atomic mass is 9.83. The van der Waals surface area contributed by atoms with Gasteiger partial charge in [-0.2, -0.15) is 0 Å². The van der Waals surface area contributed by atoms with Gasteiger partial charge in [0, 0.05) is 30.3 Å². The van der Waals surface area contributed by atoms with E-state index in [4.69, 9.17) is 5.73 Å². The standard InChI is InChI=1S/C18H27N3O2.ClH/c1-3-20-18(23)14-8-9-16(12(2)10-14)21-17(22)11-13-6-4-5-7-15(13)19;/h8-10,13,15H,3-7,11,19H2,1-2H3,(H,20,23)(H,21,22);1H. The second-order valence-corrected chi connectivity index (χ2v) is 6.35. The molecule has 0 heterocycles. The molecule has 6 heteroatoms. The van der Waals surface area contributed by atoms with Crippen molar-refractivity contribution < 1.29 is 9.59 Å². The van der Waals surface area contributed by atoms with Crippen molar-refractivity contribution in [2.24, 2.45) is 11.7 Å². The number of nitrogens with two attached hydrogens (primary N) is 1. The van der Waals surface area contributed by atoms with Gasteiger partial charge >= 0.3 is 0 Å². The number of hydrogen-bond donors (Lipinski definition) is 3. The Hall–Kier alpha value is -1.59.